The first kappa shape index (κ1) is 14.8. The van der Waals surface area contributed by atoms with Crippen molar-refractivity contribution in [3.05, 3.63) is 56.4 Å². The molecule has 0 amide bonds. The van der Waals surface area contributed by atoms with Crippen LogP contribution in [-0.2, 0) is 0 Å². The molecule has 2 nitrogen and oxygen atoms in total. The quantitative estimate of drug-likeness (QED) is 0.493. The summed E-state index contributed by atoms with van der Waals surface area (Å²) in [5.74, 6) is -0.302. The fourth-order valence-electron chi connectivity index (χ4n) is 1.89. The molecule has 7 heteroatoms. The SMILES string of the molecule is Fc1cc(-c2nc(Cl)c3cc(Cl)cc(Cl)c3n2)ccc1Cl. The second-order valence-corrected chi connectivity index (χ2v) is 5.86. The molecule has 106 valence electrons. The Hall–Kier alpha value is -1.13. The summed E-state index contributed by atoms with van der Waals surface area (Å²) in [6.45, 7) is 0. The highest BCUT2D eigenvalue weighted by Crippen LogP contribution is 2.32. The van der Waals surface area contributed by atoms with E-state index in [0.29, 0.717) is 26.5 Å². The first-order valence-corrected chi connectivity index (χ1v) is 7.24. The monoisotopic (exact) mass is 360 g/mol. The maximum atomic E-state index is 13.5. The second-order valence-electron chi connectivity index (χ2n) is 4.25. The molecule has 1 aromatic heterocycles. The molecule has 0 radical (unpaired) electrons. The van der Waals surface area contributed by atoms with Crippen LogP contribution >= 0.6 is 46.4 Å². The van der Waals surface area contributed by atoms with Gasteiger partial charge >= 0.3 is 0 Å². The number of nitrogens with zero attached hydrogens (tertiary/aromatic N) is 2. The van der Waals surface area contributed by atoms with Gasteiger partial charge in [-0.25, -0.2) is 14.4 Å². The summed E-state index contributed by atoms with van der Waals surface area (Å²) in [6, 6.07) is 7.45. The van der Waals surface area contributed by atoms with Crippen molar-refractivity contribution in [1.82, 2.24) is 9.97 Å². The summed E-state index contributed by atoms with van der Waals surface area (Å²) in [6.07, 6.45) is 0. The summed E-state index contributed by atoms with van der Waals surface area (Å²) in [5.41, 5.74) is 0.901. The molecule has 0 bridgehead atoms. The highest BCUT2D eigenvalue weighted by atomic mass is 35.5. The molecule has 21 heavy (non-hydrogen) atoms. The second kappa shape index (κ2) is 5.58. The molecule has 0 aliphatic rings. The number of hydrogen-bond donors (Lipinski definition) is 0. The van der Waals surface area contributed by atoms with Crippen LogP contribution in [0.4, 0.5) is 4.39 Å². The van der Waals surface area contributed by atoms with Gasteiger partial charge < -0.3 is 0 Å². The fraction of sp³-hybridized carbons (Fsp3) is 0. The number of rotatable bonds is 1. The zero-order chi connectivity index (χ0) is 15.1. The largest absolute Gasteiger partial charge is 0.226 e. The minimum atomic E-state index is -0.559. The summed E-state index contributed by atoms with van der Waals surface area (Å²) in [7, 11) is 0. The van der Waals surface area contributed by atoms with E-state index in [4.69, 9.17) is 46.4 Å². The third kappa shape index (κ3) is 2.79. The standard InChI is InChI=1S/C14H5Cl4FN2/c15-7-4-8-12(10(17)5-7)20-14(21-13(8)18)6-1-2-9(16)11(19)3-6/h1-5H. The normalized spacial score (nSPS) is 11.1. The van der Waals surface area contributed by atoms with Gasteiger partial charge in [0.15, 0.2) is 5.82 Å². The molecule has 0 aliphatic heterocycles. The van der Waals surface area contributed by atoms with Gasteiger partial charge in [0.05, 0.1) is 15.6 Å². The molecule has 0 aliphatic carbocycles. The van der Waals surface area contributed by atoms with Gasteiger partial charge in [-0.3, -0.25) is 0 Å². The lowest BCUT2D eigenvalue weighted by Crippen LogP contribution is -1.93. The molecule has 1 heterocycles. The molecule has 0 unspecified atom stereocenters. The van der Waals surface area contributed by atoms with E-state index < -0.39 is 5.82 Å². The van der Waals surface area contributed by atoms with E-state index in [-0.39, 0.29) is 16.0 Å². The molecular formula is C14H5Cl4FN2. The first-order valence-electron chi connectivity index (χ1n) is 5.73. The van der Waals surface area contributed by atoms with Crippen molar-refractivity contribution in [1.29, 1.82) is 0 Å². The summed E-state index contributed by atoms with van der Waals surface area (Å²) in [4.78, 5) is 8.47. The van der Waals surface area contributed by atoms with Gasteiger partial charge in [-0.05, 0) is 30.3 Å². The summed E-state index contributed by atoms with van der Waals surface area (Å²) < 4.78 is 13.5. The molecule has 0 N–H and O–H groups in total. The summed E-state index contributed by atoms with van der Waals surface area (Å²) in [5, 5.41) is 1.53. The molecular weight excluding hydrogens is 357 g/mol. The first-order chi connectivity index (χ1) is 9.95. The van der Waals surface area contributed by atoms with Gasteiger partial charge in [-0.1, -0.05) is 46.4 Å². The zero-order valence-electron chi connectivity index (χ0n) is 10.2. The number of halogens is 5. The topological polar surface area (TPSA) is 25.8 Å². The number of fused-ring (bicyclic) bond motifs is 1. The average molecular weight is 362 g/mol. The minimum Gasteiger partial charge on any atom is -0.226 e. The van der Waals surface area contributed by atoms with Crippen molar-refractivity contribution in [3.63, 3.8) is 0 Å². The molecule has 0 saturated carbocycles. The van der Waals surface area contributed by atoms with Crippen molar-refractivity contribution in [2.75, 3.05) is 0 Å². The van der Waals surface area contributed by atoms with Crippen LogP contribution in [0.2, 0.25) is 20.2 Å². The Bertz CT molecular complexity index is 867. The van der Waals surface area contributed by atoms with E-state index in [0.717, 1.165) is 0 Å². The minimum absolute atomic E-state index is 0.0236. The molecule has 3 aromatic rings. The van der Waals surface area contributed by atoms with E-state index in [9.17, 15) is 4.39 Å². The lowest BCUT2D eigenvalue weighted by atomic mass is 10.2. The fourth-order valence-corrected chi connectivity index (χ4v) is 2.76. The van der Waals surface area contributed by atoms with Crippen LogP contribution in [0.15, 0.2) is 30.3 Å². The highest BCUT2D eigenvalue weighted by molar-refractivity contribution is 6.41. The van der Waals surface area contributed by atoms with Crippen LogP contribution in [0, 0.1) is 5.82 Å². The van der Waals surface area contributed by atoms with Crippen LogP contribution in [0.25, 0.3) is 22.3 Å². The van der Waals surface area contributed by atoms with Crippen molar-refractivity contribution in [2.45, 2.75) is 0 Å². The number of hydrogen-bond acceptors (Lipinski definition) is 2. The van der Waals surface area contributed by atoms with Gasteiger partial charge in [-0.15, -0.1) is 0 Å². The van der Waals surface area contributed by atoms with Gasteiger partial charge in [0.25, 0.3) is 0 Å². The van der Waals surface area contributed by atoms with Crippen molar-refractivity contribution < 1.29 is 4.39 Å². The Labute approximate surface area is 139 Å². The van der Waals surface area contributed by atoms with E-state index >= 15 is 0 Å². The molecule has 3 rings (SSSR count). The lowest BCUT2D eigenvalue weighted by Gasteiger charge is -2.07. The van der Waals surface area contributed by atoms with Crippen LogP contribution < -0.4 is 0 Å². The predicted molar refractivity (Wildman–Crippen MR) is 85.0 cm³/mol. The maximum Gasteiger partial charge on any atom is 0.161 e. The zero-order valence-corrected chi connectivity index (χ0v) is 13.2. The molecule has 0 atom stereocenters. The molecule has 0 spiro atoms. The smallest absolute Gasteiger partial charge is 0.161 e. The van der Waals surface area contributed by atoms with Crippen LogP contribution in [0.1, 0.15) is 0 Å². The predicted octanol–water partition coefficient (Wildman–Crippen LogP) is 6.05. The van der Waals surface area contributed by atoms with Gasteiger partial charge in [-0.2, -0.15) is 0 Å². The highest BCUT2D eigenvalue weighted by Gasteiger charge is 2.13. The van der Waals surface area contributed by atoms with Gasteiger partial charge in [0.1, 0.15) is 11.0 Å². The van der Waals surface area contributed by atoms with Crippen molar-refractivity contribution in [3.8, 4) is 11.4 Å². The van der Waals surface area contributed by atoms with E-state index in [1.165, 1.54) is 12.1 Å². The van der Waals surface area contributed by atoms with E-state index in [1.807, 2.05) is 0 Å². The number of aromatic nitrogens is 2. The van der Waals surface area contributed by atoms with Crippen molar-refractivity contribution in [2.24, 2.45) is 0 Å². The number of benzene rings is 2. The Morgan fingerprint density at radius 2 is 1.62 bits per heavy atom. The Kier molecular flexibility index (Phi) is 3.93. The van der Waals surface area contributed by atoms with E-state index in [2.05, 4.69) is 9.97 Å². The van der Waals surface area contributed by atoms with Crippen molar-refractivity contribution >= 4 is 57.3 Å². The third-order valence-electron chi connectivity index (χ3n) is 2.85. The lowest BCUT2D eigenvalue weighted by molar-refractivity contribution is 0.628. The van der Waals surface area contributed by atoms with Crippen LogP contribution in [0.3, 0.4) is 0 Å². The van der Waals surface area contributed by atoms with Crippen LogP contribution in [-0.4, -0.2) is 9.97 Å². The molecule has 2 aromatic carbocycles. The molecule has 0 fully saturated rings. The van der Waals surface area contributed by atoms with Gasteiger partial charge in [0, 0.05) is 16.0 Å². The third-order valence-corrected chi connectivity index (χ3v) is 3.95. The van der Waals surface area contributed by atoms with E-state index in [1.54, 1.807) is 18.2 Å². The maximum absolute atomic E-state index is 13.5. The Morgan fingerprint density at radius 1 is 0.857 bits per heavy atom. The van der Waals surface area contributed by atoms with Gasteiger partial charge in [0.2, 0.25) is 0 Å². The summed E-state index contributed by atoms with van der Waals surface area (Å²) >= 11 is 23.8. The Morgan fingerprint density at radius 3 is 2.33 bits per heavy atom. The molecule has 0 saturated heterocycles. The van der Waals surface area contributed by atoms with Crippen LogP contribution in [0.5, 0.6) is 0 Å². The average Bonchev–Trinajstić information content (AvgIpc) is 2.43. The Balaban J connectivity index is 2.27.